The molecule has 1 aromatic heterocycles. The van der Waals surface area contributed by atoms with Crippen molar-refractivity contribution in [2.75, 3.05) is 19.0 Å². The van der Waals surface area contributed by atoms with E-state index in [1.165, 1.54) is 18.2 Å². The molecule has 2 aromatic rings. The van der Waals surface area contributed by atoms with Crippen LogP contribution in [0.3, 0.4) is 0 Å². The first-order valence-electron chi connectivity index (χ1n) is 5.98. The molecule has 0 aliphatic carbocycles. The molecule has 0 bridgehead atoms. The Bertz CT molecular complexity index is 627. The van der Waals surface area contributed by atoms with E-state index in [1.807, 2.05) is 0 Å². The lowest BCUT2D eigenvalue weighted by Gasteiger charge is -2.13. The zero-order chi connectivity index (χ0) is 14.7. The molecule has 0 radical (unpaired) electrons. The second kappa shape index (κ2) is 5.64. The highest BCUT2D eigenvalue weighted by atomic mass is 19.1. The summed E-state index contributed by atoms with van der Waals surface area (Å²) in [5.74, 6) is -0.506. The molecule has 0 fully saturated rings. The number of aromatic nitrogens is 2. The number of benzene rings is 1. The van der Waals surface area contributed by atoms with Gasteiger partial charge < -0.3 is 10.0 Å². The van der Waals surface area contributed by atoms with Crippen LogP contribution >= 0.6 is 0 Å². The fourth-order valence-corrected chi connectivity index (χ4v) is 1.69. The van der Waals surface area contributed by atoms with Crippen LogP contribution in [0, 0.1) is 5.82 Å². The van der Waals surface area contributed by atoms with Gasteiger partial charge in [-0.25, -0.2) is 19.2 Å². The summed E-state index contributed by atoms with van der Waals surface area (Å²) in [5, 5.41) is 9.06. The van der Waals surface area contributed by atoms with Gasteiger partial charge in [0.05, 0.1) is 0 Å². The van der Waals surface area contributed by atoms with Crippen molar-refractivity contribution in [3.8, 4) is 0 Å². The van der Waals surface area contributed by atoms with Crippen molar-refractivity contribution in [3.63, 3.8) is 0 Å². The molecule has 0 saturated carbocycles. The van der Waals surface area contributed by atoms with Gasteiger partial charge in [0.2, 0.25) is 0 Å². The lowest BCUT2D eigenvalue weighted by Crippen LogP contribution is -2.15. The number of rotatable bonds is 4. The monoisotopic (exact) mass is 275 g/mol. The summed E-state index contributed by atoms with van der Waals surface area (Å²) in [7, 11) is 3.55. The number of carboxylic acid groups (broad SMARTS) is 1. The van der Waals surface area contributed by atoms with Crippen LogP contribution in [0.15, 0.2) is 30.3 Å². The van der Waals surface area contributed by atoms with Gasteiger partial charge in [-0.1, -0.05) is 12.1 Å². The van der Waals surface area contributed by atoms with Crippen LogP contribution in [-0.2, 0) is 6.42 Å². The molecular formula is C14H14FN3O2. The Labute approximate surface area is 115 Å². The molecule has 104 valence electrons. The van der Waals surface area contributed by atoms with E-state index < -0.39 is 5.97 Å². The minimum Gasteiger partial charge on any atom is -0.477 e. The average Bonchev–Trinajstić information content (AvgIpc) is 2.41. The summed E-state index contributed by atoms with van der Waals surface area (Å²) in [4.78, 5) is 21.1. The van der Waals surface area contributed by atoms with E-state index in [2.05, 4.69) is 9.97 Å². The van der Waals surface area contributed by atoms with Crippen LogP contribution in [-0.4, -0.2) is 35.1 Å². The minimum atomic E-state index is -1.10. The number of nitrogens with zero attached hydrogens (tertiary/aromatic N) is 3. The molecule has 5 nitrogen and oxygen atoms in total. The summed E-state index contributed by atoms with van der Waals surface area (Å²) in [6.07, 6.45) is 0.349. The van der Waals surface area contributed by atoms with Crippen LogP contribution in [0.2, 0.25) is 0 Å². The predicted molar refractivity (Wildman–Crippen MR) is 72.5 cm³/mol. The zero-order valence-corrected chi connectivity index (χ0v) is 11.2. The third kappa shape index (κ3) is 3.28. The highest BCUT2D eigenvalue weighted by Crippen LogP contribution is 2.13. The molecule has 0 unspecified atom stereocenters. The second-order valence-corrected chi connectivity index (χ2v) is 4.53. The topological polar surface area (TPSA) is 66.3 Å². The fourth-order valence-electron chi connectivity index (χ4n) is 1.69. The first-order chi connectivity index (χ1) is 9.45. The highest BCUT2D eigenvalue weighted by molar-refractivity contribution is 5.86. The molecule has 0 spiro atoms. The smallest absolute Gasteiger partial charge is 0.354 e. The van der Waals surface area contributed by atoms with Crippen molar-refractivity contribution in [1.29, 1.82) is 0 Å². The molecule has 1 N–H and O–H groups in total. The molecule has 2 rings (SSSR count). The lowest BCUT2D eigenvalue weighted by atomic mass is 10.1. The minimum absolute atomic E-state index is 0.0548. The van der Waals surface area contributed by atoms with Gasteiger partial charge in [-0.05, 0) is 17.7 Å². The van der Waals surface area contributed by atoms with Crippen molar-refractivity contribution >= 4 is 11.8 Å². The van der Waals surface area contributed by atoms with Gasteiger partial charge in [-0.3, -0.25) is 0 Å². The SMILES string of the molecule is CN(C)c1cc(C(=O)O)nc(Cc2ccc(F)cc2)n1. The van der Waals surface area contributed by atoms with E-state index in [0.29, 0.717) is 18.1 Å². The van der Waals surface area contributed by atoms with E-state index in [1.54, 1.807) is 31.1 Å². The van der Waals surface area contributed by atoms with Crippen molar-refractivity contribution in [2.45, 2.75) is 6.42 Å². The van der Waals surface area contributed by atoms with Crippen molar-refractivity contribution in [3.05, 3.63) is 53.2 Å². The van der Waals surface area contributed by atoms with Gasteiger partial charge in [0.25, 0.3) is 0 Å². The quantitative estimate of drug-likeness (QED) is 0.924. The number of carboxylic acids is 1. The van der Waals surface area contributed by atoms with Crippen molar-refractivity contribution < 1.29 is 14.3 Å². The molecule has 1 aromatic carbocycles. The van der Waals surface area contributed by atoms with E-state index in [9.17, 15) is 9.18 Å². The molecule has 0 aliphatic heterocycles. The molecule has 0 amide bonds. The number of carbonyl (C=O) groups is 1. The van der Waals surface area contributed by atoms with Crippen LogP contribution < -0.4 is 4.90 Å². The first kappa shape index (κ1) is 13.9. The lowest BCUT2D eigenvalue weighted by molar-refractivity contribution is 0.0690. The molecule has 0 aliphatic rings. The predicted octanol–water partition coefficient (Wildman–Crippen LogP) is 1.97. The normalized spacial score (nSPS) is 10.3. The van der Waals surface area contributed by atoms with Gasteiger partial charge in [-0.2, -0.15) is 0 Å². The van der Waals surface area contributed by atoms with E-state index >= 15 is 0 Å². The largest absolute Gasteiger partial charge is 0.477 e. The highest BCUT2D eigenvalue weighted by Gasteiger charge is 2.12. The second-order valence-electron chi connectivity index (χ2n) is 4.53. The van der Waals surface area contributed by atoms with Gasteiger partial charge in [0.1, 0.15) is 17.5 Å². The number of halogens is 1. The first-order valence-corrected chi connectivity index (χ1v) is 5.98. The summed E-state index contributed by atoms with van der Waals surface area (Å²) < 4.78 is 12.8. The molecule has 6 heteroatoms. The van der Waals surface area contributed by atoms with E-state index in [0.717, 1.165) is 5.56 Å². The van der Waals surface area contributed by atoms with Crippen molar-refractivity contribution in [1.82, 2.24) is 9.97 Å². The zero-order valence-electron chi connectivity index (χ0n) is 11.2. The Kier molecular flexibility index (Phi) is 3.93. The third-order valence-electron chi connectivity index (χ3n) is 2.71. The number of aromatic carboxylic acids is 1. The Morgan fingerprint density at radius 2 is 1.90 bits per heavy atom. The fraction of sp³-hybridized carbons (Fsp3) is 0.214. The van der Waals surface area contributed by atoms with Gasteiger partial charge >= 0.3 is 5.97 Å². The van der Waals surface area contributed by atoms with Crippen LogP contribution in [0.4, 0.5) is 10.2 Å². The summed E-state index contributed by atoms with van der Waals surface area (Å²) in [6, 6.07) is 7.37. The molecule has 0 atom stereocenters. The molecular weight excluding hydrogens is 261 g/mol. The Morgan fingerprint density at radius 3 is 2.45 bits per heavy atom. The van der Waals surface area contributed by atoms with Crippen LogP contribution in [0.25, 0.3) is 0 Å². The molecule has 1 heterocycles. The number of anilines is 1. The summed E-state index contributed by atoms with van der Waals surface area (Å²) in [5.41, 5.74) is 0.763. The summed E-state index contributed by atoms with van der Waals surface area (Å²) in [6.45, 7) is 0. The van der Waals surface area contributed by atoms with Gasteiger partial charge in [0.15, 0.2) is 5.69 Å². The number of hydrogen-bond acceptors (Lipinski definition) is 4. The van der Waals surface area contributed by atoms with Crippen LogP contribution in [0.5, 0.6) is 0 Å². The molecule has 0 saturated heterocycles. The Morgan fingerprint density at radius 1 is 1.25 bits per heavy atom. The maximum atomic E-state index is 12.8. The van der Waals surface area contributed by atoms with Crippen LogP contribution in [0.1, 0.15) is 21.9 Å². The average molecular weight is 275 g/mol. The summed E-state index contributed by atoms with van der Waals surface area (Å²) >= 11 is 0. The Balaban J connectivity index is 2.35. The maximum absolute atomic E-state index is 12.8. The standard InChI is InChI=1S/C14H14FN3O2/c1-18(2)13-8-11(14(19)20)16-12(17-13)7-9-3-5-10(15)6-4-9/h3-6,8H,7H2,1-2H3,(H,19,20). The number of hydrogen-bond donors (Lipinski definition) is 1. The molecule has 20 heavy (non-hydrogen) atoms. The third-order valence-corrected chi connectivity index (χ3v) is 2.71. The maximum Gasteiger partial charge on any atom is 0.354 e. The Hall–Kier alpha value is -2.50. The van der Waals surface area contributed by atoms with Gasteiger partial charge in [-0.15, -0.1) is 0 Å². The van der Waals surface area contributed by atoms with E-state index in [-0.39, 0.29) is 11.5 Å². The van der Waals surface area contributed by atoms with E-state index in [4.69, 9.17) is 5.11 Å². The van der Waals surface area contributed by atoms with Gasteiger partial charge in [0, 0.05) is 26.6 Å². The van der Waals surface area contributed by atoms with Crippen molar-refractivity contribution in [2.24, 2.45) is 0 Å².